The molecule has 3 N–H and O–H groups in total. The van der Waals surface area contributed by atoms with Gasteiger partial charge in [-0.05, 0) is 59.7 Å². The maximum atomic E-state index is 12.9. The molecule has 0 aliphatic heterocycles. The highest BCUT2D eigenvalue weighted by Crippen LogP contribution is 2.25. The molecular weight excluding hydrogens is 432 g/mol. The number of methoxy groups -OCH3 is 1. The molecule has 0 saturated carbocycles. The van der Waals surface area contributed by atoms with Gasteiger partial charge in [-0.25, -0.2) is 5.43 Å². The lowest BCUT2D eigenvalue weighted by molar-refractivity contribution is -0.117. The van der Waals surface area contributed by atoms with Crippen LogP contribution in [0, 0.1) is 0 Å². The molecule has 34 heavy (non-hydrogen) atoms. The third kappa shape index (κ3) is 6.46. The highest BCUT2D eigenvalue weighted by atomic mass is 16.5. The van der Waals surface area contributed by atoms with Crippen molar-refractivity contribution >= 4 is 29.8 Å². The molecule has 0 spiro atoms. The summed E-state index contributed by atoms with van der Waals surface area (Å²) >= 11 is 0. The summed E-state index contributed by atoms with van der Waals surface area (Å²) in [4.78, 5) is 27.5. The number of carbonyl (C=O) groups is 2. The van der Waals surface area contributed by atoms with E-state index in [2.05, 4.69) is 15.8 Å². The van der Waals surface area contributed by atoms with Crippen LogP contribution in [0.5, 0.6) is 11.5 Å². The standard InChI is InChI=1S/C26H26N4O4/c1-30(2)21-12-9-18(10-13-21)15-22(28-25(32)20-7-5-4-6-8-20)26(33)29-27-17-19-11-14-23(31)24(16-19)34-3/h4-17,31H,1-3H3,(H,28,32)(H,29,33)/b22-15-,27-17+. The Balaban J connectivity index is 1.81. The normalized spacial score (nSPS) is 11.2. The molecule has 2 amide bonds. The van der Waals surface area contributed by atoms with Gasteiger partial charge in [-0.15, -0.1) is 0 Å². The first-order valence-corrected chi connectivity index (χ1v) is 10.4. The molecule has 3 aromatic carbocycles. The average Bonchev–Trinajstić information content (AvgIpc) is 2.85. The number of phenols is 1. The molecule has 0 fully saturated rings. The number of nitrogens with one attached hydrogen (secondary N) is 2. The molecule has 0 atom stereocenters. The molecule has 3 rings (SSSR count). The molecule has 8 nitrogen and oxygen atoms in total. The number of carbonyl (C=O) groups excluding carboxylic acids is 2. The number of hydrogen-bond acceptors (Lipinski definition) is 6. The Morgan fingerprint density at radius 2 is 1.65 bits per heavy atom. The largest absolute Gasteiger partial charge is 0.504 e. The highest BCUT2D eigenvalue weighted by molar-refractivity contribution is 6.05. The summed E-state index contributed by atoms with van der Waals surface area (Å²) in [5.74, 6) is -0.730. The van der Waals surface area contributed by atoms with Crippen molar-refractivity contribution in [2.75, 3.05) is 26.1 Å². The summed E-state index contributed by atoms with van der Waals surface area (Å²) in [5, 5.41) is 16.3. The second kappa shape index (κ2) is 11.3. The molecular formula is C26H26N4O4. The van der Waals surface area contributed by atoms with Gasteiger partial charge in [0.25, 0.3) is 11.8 Å². The first-order valence-electron chi connectivity index (χ1n) is 10.4. The van der Waals surface area contributed by atoms with Crippen molar-refractivity contribution < 1.29 is 19.4 Å². The number of amides is 2. The number of aromatic hydroxyl groups is 1. The van der Waals surface area contributed by atoms with Crippen molar-refractivity contribution in [1.29, 1.82) is 0 Å². The van der Waals surface area contributed by atoms with E-state index in [9.17, 15) is 14.7 Å². The van der Waals surface area contributed by atoms with E-state index in [1.807, 2.05) is 43.3 Å². The van der Waals surface area contributed by atoms with Crippen LogP contribution in [0.3, 0.4) is 0 Å². The molecule has 0 saturated heterocycles. The fraction of sp³-hybridized carbons (Fsp3) is 0.115. The Hall–Kier alpha value is -4.59. The molecule has 0 bridgehead atoms. The van der Waals surface area contributed by atoms with Crippen LogP contribution in [0.4, 0.5) is 5.69 Å². The summed E-state index contributed by atoms with van der Waals surface area (Å²) in [6.45, 7) is 0. The Morgan fingerprint density at radius 3 is 2.29 bits per heavy atom. The van der Waals surface area contributed by atoms with E-state index >= 15 is 0 Å². The van der Waals surface area contributed by atoms with E-state index in [0.29, 0.717) is 11.1 Å². The maximum absolute atomic E-state index is 12.9. The summed E-state index contributed by atoms with van der Waals surface area (Å²) in [6, 6.07) is 20.8. The first-order chi connectivity index (χ1) is 16.4. The summed E-state index contributed by atoms with van der Waals surface area (Å²) in [6.07, 6.45) is 2.98. The fourth-order valence-electron chi connectivity index (χ4n) is 2.98. The zero-order valence-corrected chi connectivity index (χ0v) is 19.1. The second-order valence-corrected chi connectivity index (χ2v) is 7.49. The lowest BCUT2D eigenvalue weighted by Gasteiger charge is -2.12. The minimum Gasteiger partial charge on any atom is -0.504 e. The van der Waals surface area contributed by atoms with Crippen LogP contribution in [0.15, 0.2) is 83.6 Å². The van der Waals surface area contributed by atoms with Gasteiger partial charge in [0.15, 0.2) is 11.5 Å². The van der Waals surface area contributed by atoms with Gasteiger partial charge in [-0.3, -0.25) is 9.59 Å². The molecule has 0 aliphatic rings. The number of rotatable bonds is 8. The van der Waals surface area contributed by atoms with Crippen LogP contribution in [-0.2, 0) is 4.79 Å². The molecule has 3 aromatic rings. The van der Waals surface area contributed by atoms with Crippen LogP contribution in [0.2, 0.25) is 0 Å². The van der Waals surface area contributed by atoms with Crippen molar-refractivity contribution in [2.24, 2.45) is 5.10 Å². The third-order valence-corrected chi connectivity index (χ3v) is 4.83. The minimum absolute atomic E-state index is 0.00202. The lowest BCUT2D eigenvalue weighted by atomic mass is 10.1. The van der Waals surface area contributed by atoms with Crippen LogP contribution in [0.25, 0.3) is 6.08 Å². The van der Waals surface area contributed by atoms with Crippen LogP contribution < -0.4 is 20.4 Å². The predicted octanol–water partition coefficient (Wildman–Crippen LogP) is 3.39. The molecule has 0 heterocycles. The van der Waals surface area contributed by atoms with E-state index in [-0.39, 0.29) is 17.2 Å². The average molecular weight is 459 g/mol. The molecule has 8 heteroatoms. The summed E-state index contributed by atoms with van der Waals surface area (Å²) < 4.78 is 5.07. The second-order valence-electron chi connectivity index (χ2n) is 7.49. The van der Waals surface area contributed by atoms with Gasteiger partial charge in [0.05, 0.1) is 13.3 Å². The lowest BCUT2D eigenvalue weighted by Crippen LogP contribution is -2.32. The van der Waals surface area contributed by atoms with E-state index in [1.165, 1.54) is 19.4 Å². The molecule has 174 valence electrons. The van der Waals surface area contributed by atoms with Crippen molar-refractivity contribution in [1.82, 2.24) is 10.7 Å². The van der Waals surface area contributed by atoms with Crippen LogP contribution >= 0.6 is 0 Å². The molecule has 0 aromatic heterocycles. The SMILES string of the molecule is COc1cc(/C=N/NC(=O)/C(=C/c2ccc(N(C)C)cc2)NC(=O)c2ccccc2)ccc1O. The number of benzene rings is 3. The van der Waals surface area contributed by atoms with Crippen LogP contribution in [-0.4, -0.2) is 44.3 Å². The fourth-order valence-corrected chi connectivity index (χ4v) is 2.98. The smallest absolute Gasteiger partial charge is 0.287 e. The number of ether oxygens (including phenoxy) is 1. The number of hydrogen-bond donors (Lipinski definition) is 3. The maximum Gasteiger partial charge on any atom is 0.287 e. The molecule has 0 aliphatic carbocycles. The van der Waals surface area contributed by atoms with Gasteiger partial charge in [-0.2, -0.15) is 5.10 Å². The predicted molar refractivity (Wildman–Crippen MR) is 133 cm³/mol. The minimum atomic E-state index is -0.594. The Kier molecular flexibility index (Phi) is 8.02. The summed E-state index contributed by atoms with van der Waals surface area (Å²) in [5.41, 5.74) is 5.22. The highest BCUT2D eigenvalue weighted by Gasteiger charge is 2.14. The number of anilines is 1. The number of hydrazone groups is 1. The summed E-state index contributed by atoms with van der Waals surface area (Å²) in [7, 11) is 5.31. The first kappa shape index (κ1) is 24.1. The zero-order valence-electron chi connectivity index (χ0n) is 19.1. The molecule has 0 radical (unpaired) electrons. The third-order valence-electron chi connectivity index (χ3n) is 4.83. The van der Waals surface area contributed by atoms with Gasteiger partial charge in [0, 0.05) is 25.3 Å². The van der Waals surface area contributed by atoms with Gasteiger partial charge < -0.3 is 20.1 Å². The Morgan fingerprint density at radius 1 is 0.971 bits per heavy atom. The van der Waals surface area contributed by atoms with E-state index in [4.69, 9.17) is 4.74 Å². The van der Waals surface area contributed by atoms with E-state index < -0.39 is 11.8 Å². The quantitative estimate of drug-likeness (QED) is 0.273. The molecule has 0 unspecified atom stereocenters. The van der Waals surface area contributed by atoms with Crippen molar-refractivity contribution in [3.63, 3.8) is 0 Å². The Bertz CT molecular complexity index is 1200. The van der Waals surface area contributed by atoms with E-state index in [1.54, 1.807) is 48.5 Å². The van der Waals surface area contributed by atoms with Crippen LogP contribution in [0.1, 0.15) is 21.5 Å². The van der Waals surface area contributed by atoms with Gasteiger partial charge >= 0.3 is 0 Å². The van der Waals surface area contributed by atoms with Crippen molar-refractivity contribution in [3.05, 3.63) is 95.2 Å². The van der Waals surface area contributed by atoms with Crippen molar-refractivity contribution in [2.45, 2.75) is 0 Å². The monoisotopic (exact) mass is 458 g/mol. The topological polar surface area (TPSA) is 103 Å². The zero-order chi connectivity index (χ0) is 24.5. The Labute approximate surface area is 198 Å². The van der Waals surface area contributed by atoms with Gasteiger partial charge in [-0.1, -0.05) is 30.3 Å². The van der Waals surface area contributed by atoms with Gasteiger partial charge in [0.1, 0.15) is 5.70 Å². The van der Waals surface area contributed by atoms with Crippen molar-refractivity contribution in [3.8, 4) is 11.5 Å². The number of nitrogens with zero attached hydrogens (tertiary/aromatic N) is 2. The van der Waals surface area contributed by atoms with E-state index in [0.717, 1.165) is 11.3 Å². The van der Waals surface area contributed by atoms with Gasteiger partial charge in [0.2, 0.25) is 0 Å². The number of phenolic OH excluding ortho intramolecular Hbond substituents is 1.